The average Bonchev–Trinajstić information content (AvgIpc) is 2.59. The molecule has 2 atom stereocenters. The Kier molecular flexibility index (Phi) is 3.70. The topological polar surface area (TPSA) is 12.0 Å². The normalized spacial score (nSPS) is 25.5. The predicted molar refractivity (Wildman–Crippen MR) is 70.4 cm³/mol. The van der Waals surface area contributed by atoms with Gasteiger partial charge in [-0.1, -0.05) is 36.2 Å². The van der Waals surface area contributed by atoms with E-state index in [1.54, 1.807) is 6.07 Å². The molecular weight excluding hydrogens is 249 g/mol. The summed E-state index contributed by atoms with van der Waals surface area (Å²) in [5.74, 6) is 1.14. The number of benzene rings is 1. The lowest BCUT2D eigenvalue weighted by molar-refractivity contribution is 0.747. The van der Waals surface area contributed by atoms with Gasteiger partial charge in [0.1, 0.15) is 0 Å². The first-order valence-electron chi connectivity index (χ1n) is 4.99. The number of hydrogen-bond donors (Lipinski definition) is 1. The lowest BCUT2D eigenvalue weighted by atomic mass is 10.2. The maximum atomic E-state index is 6.11. The zero-order valence-corrected chi connectivity index (χ0v) is 10.8. The molecule has 1 aliphatic rings. The Bertz CT molecular complexity index is 356. The van der Waals surface area contributed by atoms with E-state index in [4.69, 9.17) is 23.2 Å². The van der Waals surface area contributed by atoms with Gasteiger partial charge in [-0.05, 0) is 18.6 Å². The summed E-state index contributed by atoms with van der Waals surface area (Å²) in [6.45, 7) is 2.26. The molecule has 2 rings (SSSR count). The van der Waals surface area contributed by atoms with Gasteiger partial charge in [-0.3, -0.25) is 0 Å². The van der Waals surface area contributed by atoms with Crippen molar-refractivity contribution >= 4 is 40.7 Å². The Morgan fingerprint density at radius 3 is 2.87 bits per heavy atom. The summed E-state index contributed by atoms with van der Waals surface area (Å²) in [5, 5.41) is 5.42. The number of anilines is 1. The summed E-state index contributed by atoms with van der Waals surface area (Å²) in [5.41, 5.74) is 0.948. The van der Waals surface area contributed by atoms with Crippen molar-refractivity contribution in [2.75, 3.05) is 11.1 Å². The van der Waals surface area contributed by atoms with E-state index < -0.39 is 0 Å². The first kappa shape index (κ1) is 11.4. The van der Waals surface area contributed by atoms with Gasteiger partial charge in [0.25, 0.3) is 0 Å². The smallest absolute Gasteiger partial charge is 0.0823 e. The van der Waals surface area contributed by atoms with Crippen molar-refractivity contribution in [3.63, 3.8) is 0 Å². The molecule has 15 heavy (non-hydrogen) atoms. The van der Waals surface area contributed by atoms with Gasteiger partial charge in [0, 0.05) is 17.0 Å². The number of halogens is 2. The second kappa shape index (κ2) is 4.86. The first-order valence-corrected chi connectivity index (χ1v) is 6.79. The molecule has 1 heterocycles. The summed E-state index contributed by atoms with van der Waals surface area (Å²) in [7, 11) is 0. The Morgan fingerprint density at radius 1 is 1.40 bits per heavy atom. The van der Waals surface area contributed by atoms with Gasteiger partial charge in [-0.2, -0.15) is 11.8 Å². The van der Waals surface area contributed by atoms with E-state index in [9.17, 15) is 0 Å². The van der Waals surface area contributed by atoms with E-state index in [-0.39, 0.29) is 0 Å². The Balaban J connectivity index is 2.07. The van der Waals surface area contributed by atoms with E-state index >= 15 is 0 Å². The van der Waals surface area contributed by atoms with Crippen molar-refractivity contribution in [1.29, 1.82) is 0 Å². The molecule has 82 valence electrons. The molecule has 1 N–H and O–H groups in total. The summed E-state index contributed by atoms with van der Waals surface area (Å²) < 4.78 is 0. The third-order valence-corrected chi connectivity index (χ3v) is 4.68. The largest absolute Gasteiger partial charge is 0.380 e. The number of hydrogen-bond acceptors (Lipinski definition) is 2. The van der Waals surface area contributed by atoms with Gasteiger partial charge < -0.3 is 5.32 Å². The van der Waals surface area contributed by atoms with Gasteiger partial charge in [0.05, 0.1) is 15.7 Å². The second-order valence-corrected chi connectivity index (χ2v) is 6.08. The van der Waals surface area contributed by atoms with Crippen molar-refractivity contribution in [3.8, 4) is 0 Å². The van der Waals surface area contributed by atoms with Gasteiger partial charge in [-0.15, -0.1) is 0 Å². The molecule has 0 aliphatic carbocycles. The zero-order chi connectivity index (χ0) is 10.8. The quantitative estimate of drug-likeness (QED) is 0.852. The highest BCUT2D eigenvalue weighted by molar-refractivity contribution is 8.00. The molecule has 2 unspecified atom stereocenters. The number of rotatable bonds is 2. The fourth-order valence-electron chi connectivity index (χ4n) is 1.75. The maximum absolute atomic E-state index is 6.11. The van der Waals surface area contributed by atoms with Crippen LogP contribution < -0.4 is 5.32 Å². The molecule has 0 saturated carbocycles. The van der Waals surface area contributed by atoms with Gasteiger partial charge >= 0.3 is 0 Å². The summed E-state index contributed by atoms with van der Waals surface area (Å²) in [4.78, 5) is 0. The van der Waals surface area contributed by atoms with E-state index in [1.807, 2.05) is 23.9 Å². The standard InChI is InChI=1S/C11H13Cl2NS/c1-7-5-8(6-15-7)14-10-4-2-3-9(12)11(10)13/h2-4,7-8,14H,5-6H2,1H3. The molecule has 4 heteroatoms. The van der Waals surface area contributed by atoms with Crippen LogP contribution in [0.1, 0.15) is 13.3 Å². The van der Waals surface area contributed by atoms with E-state index in [0.29, 0.717) is 16.1 Å². The lowest BCUT2D eigenvalue weighted by Crippen LogP contribution is -2.19. The Morgan fingerprint density at radius 2 is 2.20 bits per heavy atom. The molecule has 1 aliphatic heterocycles. The van der Waals surface area contributed by atoms with Gasteiger partial charge in [-0.25, -0.2) is 0 Å². The van der Waals surface area contributed by atoms with E-state index in [2.05, 4.69) is 12.2 Å². The summed E-state index contributed by atoms with van der Waals surface area (Å²) >= 11 is 14.1. The molecule has 1 aromatic rings. The monoisotopic (exact) mass is 261 g/mol. The minimum atomic E-state index is 0.515. The van der Waals surface area contributed by atoms with Crippen LogP contribution in [-0.2, 0) is 0 Å². The molecule has 0 bridgehead atoms. The first-order chi connectivity index (χ1) is 7.16. The fourth-order valence-corrected chi connectivity index (χ4v) is 3.26. The van der Waals surface area contributed by atoms with Crippen molar-refractivity contribution in [2.24, 2.45) is 0 Å². The van der Waals surface area contributed by atoms with Crippen molar-refractivity contribution < 1.29 is 0 Å². The fraction of sp³-hybridized carbons (Fsp3) is 0.455. The molecule has 0 spiro atoms. The highest BCUT2D eigenvalue weighted by Gasteiger charge is 2.22. The summed E-state index contributed by atoms with van der Waals surface area (Å²) in [6, 6.07) is 6.21. The molecule has 0 amide bonds. The van der Waals surface area contributed by atoms with Crippen LogP contribution in [0.2, 0.25) is 10.0 Å². The van der Waals surface area contributed by atoms with Gasteiger partial charge in [0.2, 0.25) is 0 Å². The van der Waals surface area contributed by atoms with Crippen LogP contribution in [0.3, 0.4) is 0 Å². The third-order valence-electron chi connectivity index (χ3n) is 2.51. The summed E-state index contributed by atoms with van der Waals surface area (Å²) in [6.07, 6.45) is 1.19. The minimum Gasteiger partial charge on any atom is -0.380 e. The van der Waals surface area contributed by atoms with Crippen molar-refractivity contribution in [3.05, 3.63) is 28.2 Å². The zero-order valence-electron chi connectivity index (χ0n) is 8.47. The minimum absolute atomic E-state index is 0.515. The molecule has 1 fully saturated rings. The number of thioether (sulfide) groups is 1. The molecule has 1 saturated heterocycles. The molecular formula is C11H13Cl2NS. The van der Waals surface area contributed by atoms with E-state index in [1.165, 1.54) is 6.42 Å². The van der Waals surface area contributed by atoms with E-state index in [0.717, 1.165) is 16.7 Å². The average molecular weight is 262 g/mol. The Labute approximate surface area is 105 Å². The Hall–Kier alpha value is -0.0500. The van der Waals surface area contributed by atoms with Crippen LogP contribution in [0.5, 0.6) is 0 Å². The predicted octanol–water partition coefficient (Wildman–Crippen LogP) is 4.30. The van der Waals surface area contributed by atoms with Crippen LogP contribution in [0.25, 0.3) is 0 Å². The SMILES string of the molecule is CC1CC(Nc2cccc(Cl)c2Cl)CS1. The number of nitrogens with one attached hydrogen (secondary N) is 1. The second-order valence-electron chi connectivity index (χ2n) is 3.82. The molecule has 0 aromatic heterocycles. The van der Waals surface area contributed by atoms with Crippen molar-refractivity contribution in [1.82, 2.24) is 0 Å². The van der Waals surface area contributed by atoms with Crippen LogP contribution >= 0.6 is 35.0 Å². The highest BCUT2D eigenvalue weighted by Crippen LogP contribution is 2.33. The molecule has 0 radical (unpaired) electrons. The van der Waals surface area contributed by atoms with Gasteiger partial charge in [0.15, 0.2) is 0 Å². The van der Waals surface area contributed by atoms with Crippen LogP contribution in [0.15, 0.2) is 18.2 Å². The molecule has 1 nitrogen and oxygen atoms in total. The highest BCUT2D eigenvalue weighted by atomic mass is 35.5. The lowest BCUT2D eigenvalue weighted by Gasteiger charge is -2.14. The van der Waals surface area contributed by atoms with Crippen LogP contribution in [0.4, 0.5) is 5.69 Å². The van der Waals surface area contributed by atoms with Crippen LogP contribution in [-0.4, -0.2) is 17.0 Å². The maximum Gasteiger partial charge on any atom is 0.0823 e. The van der Waals surface area contributed by atoms with Crippen LogP contribution in [0, 0.1) is 0 Å². The third kappa shape index (κ3) is 2.74. The van der Waals surface area contributed by atoms with Crippen molar-refractivity contribution in [2.45, 2.75) is 24.6 Å². The molecule has 1 aromatic carbocycles.